The largest absolute Gasteiger partial charge is 0.461 e. The van der Waals surface area contributed by atoms with Gasteiger partial charge < -0.3 is 19.3 Å². The summed E-state index contributed by atoms with van der Waals surface area (Å²) < 4.78 is 11.3. The SMILES string of the molecule is Cc1oc2cc3oc(=O)c(CCC(=O)NC[C@H](O)c4ccccc4)c(C)c3cc2c1C. The van der Waals surface area contributed by atoms with Crippen molar-refractivity contribution in [2.75, 3.05) is 6.54 Å². The lowest BCUT2D eigenvalue weighted by Gasteiger charge is -2.12. The minimum absolute atomic E-state index is 0.116. The number of rotatable bonds is 6. The first-order chi connectivity index (χ1) is 14.8. The van der Waals surface area contributed by atoms with Crippen molar-refractivity contribution in [3.8, 4) is 0 Å². The van der Waals surface area contributed by atoms with Crippen LogP contribution in [0.25, 0.3) is 21.9 Å². The highest BCUT2D eigenvalue weighted by Gasteiger charge is 2.17. The van der Waals surface area contributed by atoms with E-state index in [9.17, 15) is 14.7 Å². The summed E-state index contributed by atoms with van der Waals surface area (Å²) in [7, 11) is 0. The van der Waals surface area contributed by atoms with Crippen LogP contribution in [0.1, 0.15) is 40.5 Å². The van der Waals surface area contributed by atoms with E-state index < -0.39 is 11.7 Å². The highest BCUT2D eigenvalue weighted by Crippen LogP contribution is 2.31. The van der Waals surface area contributed by atoms with Gasteiger partial charge in [-0.1, -0.05) is 30.3 Å². The van der Waals surface area contributed by atoms with Gasteiger partial charge >= 0.3 is 5.63 Å². The molecule has 31 heavy (non-hydrogen) atoms. The van der Waals surface area contributed by atoms with Crippen molar-refractivity contribution in [2.45, 2.75) is 39.7 Å². The van der Waals surface area contributed by atoms with Gasteiger partial charge in [0, 0.05) is 35.4 Å². The topological polar surface area (TPSA) is 92.7 Å². The lowest BCUT2D eigenvalue weighted by Crippen LogP contribution is -2.29. The van der Waals surface area contributed by atoms with Crippen LogP contribution < -0.4 is 10.9 Å². The first-order valence-corrected chi connectivity index (χ1v) is 10.3. The van der Waals surface area contributed by atoms with Crippen LogP contribution in [0.15, 0.2) is 56.1 Å². The summed E-state index contributed by atoms with van der Waals surface area (Å²) in [5.41, 5.74) is 3.82. The van der Waals surface area contributed by atoms with Crippen molar-refractivity contribution in [1.82, 2.24) is 5.32 Å². The Morgan fingerprint density at radius 3 is 2.42 bits per heavy atom. The number of carbonyl (C=O) groups excluding carboxylic acids is 1. The van der Waals surface area contributed by atoms with Gasteiger partial charge in [-0.2, -0.15) is 0 Å². The Balaban J connectivity index is 1.50. The van der Waals surface area contributed by atoms with Crippen LogP contribution in [0.2, 0.25) is 0 Å². The molecule has 2 aromatic carbocycles. The second-order valence-corrected chi connectivity index (χ2v) is 7.85. The molecule has 0 aliphatic rings. The molecule has 2 heterocycles. The molecule has 0 fully saturated rings. The maximum absolute atomic E-state index is 12.6. The average molecular weight is 419 g/mol. The maximum atomic E-state index is 12.6. The predicted molar refractivity (Wildman–Crippen MR) is 119 cm³/mol. The van der Waals surface area contributed by atoms with E-state index in [0.717, 1.165) is 33.2 Å². The van der Waals surface area contributed by atoms with Crippen molar-refractivity contribution in [2.24, 2.45) is 0 Å². The molecule has 0 spiro atoms. The first kappa shape index (κ1) is 20.9. The summed E-state index contributed by atoms with van der Waals surface area (Å²) in [6, 6.07) is 12.9. The monoisotopic (exact) mass is 419 g/mol. The highest BCUT2D eigenvalue weighted by atomic mass is 16.4. The fourth-order valence-electron chi connectivity index (χ4n) is 3.84. The Morgan fingerprint density at radius 1 is 1.00 bits per heavy atom. The number of fused-ring (bicyclic) bond motifs is 2. The smallest absolute Gasteiger partial charge is 0.339 e. The number of aliphatic hydroxyl groups is 1. The number of aliphatic hydroxyl groups excluding tert-OH is 1. The van der Waals surface area contributed by atoms with Gasteiger partial charge in [0.25, 0.3) is 0 Å². The molecule has 2 aromatic heterocycles. The van der Waals surface area contributed by atoms with E-state index in [2.05, 4.69) is 5.32 Å². The van der Waals surface area contributed by atoms with Crippen LogP contribution in [0, 0.1) is 20.8 Å². The molecule has 4 rings (SSSR count). The van der Waals surface area contributed by atoms with E-state index in [-0.39, 0.29) is 25.3 Å². The number of hydrogen-bond donors (Lipinski definition) is 2. The molecule has 0 saturated heterocycles. The number of furan rings is 1. The average Bonchev–Trinajstić information content (AvgIpc) is 3.04. The van der Waals surface area contributed by atoms with Crippen molar-refractivity contribution in [3.05, 3.63) is 80.9 Å². The molecule has 6 nitrogen and oxygen atoms in total. The van der Waals surface area contributed by atoms with Crippen molar-refractivity contribution >= 4 is 27.8 Å². The van der Waals surface area contributed by atoms with Crippen LogP contribution in [0.4, 0.5) is 0 Å². The van der Waals surface area contributed by atoms with Crippen LogP contribution in [0.5, 0.6) is 0 Å². The molecule has 4 aromatic rings. The second kappa shape index (κ2) is 8.40. The molecule has 0 aliphatic heterocycles. The number of amides is 1. The minimum Gasteiger partial charge on any atom is -0.461 e. The normalized spacial score (nSPS) is 12.4. The van der Waals surface area contributed by atoms with Crippen molar-refractivity contribution in [1.29, 1.82) is 0 Å². The Labute approximate surface area is 179 Å². The molecule has 1 atom stereocenters. The molecule has 1 amide bonds. The van der Waals surface area contributed by atoms with E-state index in [1.165, 1.54) is 0 Å². The zero-order valence-electron chi connectivity index (χ0n) is 17.8. The Bertz CT molecular complexity index is 1320. The number of hydrogen-bond acceptors (Lipinski definition) is 5. The number of carbonyl (C=O) groups is 1. The third kappa shape index (κ3) is 4.11. The molecule has 6 heteroatoms. The summed E-state index contributed by atoms with van der Waals surface area (Å²) in [5, 5.41) is 14.7. The van der Waals surface area contributed by atoms with Gasteiger partial charge in [-0.25, -0.2) is 4.79 Å². The number of aryl methyl sites for hydroxylation is 3. The van der Waals surface area contributed by atoms with Crippen LogP contribution in [0.3, 0.4) is 0 Å². The summed E-state index contributed by atoms with van der Waals surface area (Å²) in [4.78, 5) is 24.9. The lowest BCUT2D eigenvalue weighted by molar-refractivity contribution is -0.121. The highest BCUT2D eigenvalue weighted by molar-refractivity contribution is 5.96. The summed E-state index contributed by atoms with van der Waals surface area (Å²) >= 11 is 0. The zero-order valence-corrected chi connectivity index (χ0v) is 17.8. The predicted octanol–water partition coefficient (Wildman–Crippen LogP) is 4.25. The number of benzene rings is 2. The van der Waals surface area contributed by atoms with Gasteiger partial charge in [0.1, 0.15) is 16.9 Å². The molecular formula is C25H25NO5. The Hall–Kier alpha value is -3.38. The minimum atomic E-state index is -0.776. The van der Waals surface area contributed by atoms with Gasteiger partial charge in [-0.15, -0.1) is 0 Å². The Morgan fingerprint density at radius 2 is 1.68 bits per heavy atom. The van der Waals surface area contributed by atoms with Crippen LogP contribution in [-0.2, 0) is 11.2 Å². The quantitative estimate of drug-likeness (QED) is 0.456. The van der Waals surface area contributed by atoms with Gasteiger partial charge in [0.2, 0.25) is 5.91 Å². The van der Waals surface area contributed by atoms with E-state index in [1.807, 2.05) is 45.0 Å². The molecule has 0 unspecified atom stereocenters. The van der Waals surface area contributed by atoms with Gasteiger partial charge in [0.05, 0.1) is 6.10 Å². The molecule has 160 valence electrons. The molecule has 0 saturated carbocycles. The molecule has 2 N–H and O–H groups in total. The third-order valence-corrected chi connectivity index (χ3v) is 5.86. The van der Waals surface area contributed by atoms with E-state index in [4.69, 9.17) is 8.83 Å². The maximum Gasteiger partial charge on any atom is 0.339 e. The fourth-order valence-corrected chi connectivity index (χ4v) is 3.84. The summed E-state index contributed by atoms with van der Waals surface area (Å²) in [6.07, 6.45) is -0.384. The van der Waals surface area contributed by atoms with E-state index in [0.29, 0.717) is 16.7 Å². The Kier molecular flexibility index (Phi) is 5.65. The van der Waals surface area contributed by atoms with Gasteiger partial charge in [-0.3, -0.25) is 4.79 Å². The summed E-state index contributed by atoms with van der Waals surface area (Å²) in [6.45, 7) is 5.89. The molecule has 0 radical (unpaired) electrons. The molecule has 0 bridgehead atoms. The third-order valence-electron chi connectivity index (χ3n) is 5.86. The fraction of sp³-hybridized carbons (Fsp3) is 0.280. The van der Waals surface area contributed by atoms with Crippen molar-refractivity contribution in [3.63, 3.8) is 0 Å². The van der Waals surface area contributed by atoms with Crippen LogP contribution >= 0.6 is 0 Å². The van der Waals surface area contributed by atoms with E-state index in [1.54, 1.807) is 18.2 Å². The van der Waals surface area contributed by atoms with Crippen LogP contribution in [-0.4, -0.2) is 17.6 Å². The standard InChI is InChI=1S/C25H25NO5/c1-14-16(3)30-22-12-23-20(11-19(14)22)15(2)18(25(29)31-23)9-10-24(28)26-13-21(27)17-7-5-4-6-8-17/h4-8,11-12,21,27H,9-10,13H2,1-3H3,(H,26,28)/t21-/m0/s1. The molecule has 0 aliphatic carbocycles. The van der Waals surface area contributed by atoms with E-state index >= 15 is 0 Å². The number of nitrogens with one attached hydrogen (secondary N) is 1. The molecular weight excluding hydrogens is 394 g/mol. The lowest BCUT2D eigenvalue weighted by atomic mass is 10.0. The first-order valence-electron chi connectivity index (χ1n) is 10.3. The second-order valence-electron chi connectivity index (χ2n) is 7.85. The van der Waals surface area contributed by atoms with Gasteiger partial charge in [0.15, 0.2) is 0 Å². The zero-order chi connectivity index (χ0) is 22.1. The van der Waals surface area contributed by atoms with Crippen molar-refractivity contribution < 1.29 is 18.7 Å². The van der Waals surface area contributed by atoms with Gasteiger partial charge in [-0.05, 0) is 49.9 Å². The summed E-state index contributed by atoms with van der Waals surface area (Å²) in [5.74, 6) is 0.602.